The fourth-order valence-electron chi connectivity index (χ4n) is 0.993. The first-order valence-corrected chi connectivity index (χ1v) is 5.30. The summed E-state index contributed by atoms with van der Waals surface area (Å²) in [7, 11) is -3.17. The lowest BCUT2D eigenvalue weighted by Gasteiger charge is -2.07. The van der Waals surface area contributed by atoms with Crippen molar-refractivity contribution in [1.82, 2.24) is 0 Å². The molecular formula is C9H10O5S. The lowest BCUT2D eigenvalue weighted by Crippen LogP contribution is -2.07. The summed E-state index contributed by atoms with van der Waals surface area (Å²) in [6.07, 6.45) is 1.57. The summed E-state index contributed by atoms with van der Waals surface area (Å²) in [5.74, 6) is 0.121. The fourth-order valence-corrected chi connectivity index (χ4v) is 1.36. The predicted octanol–water partition coefficient (Wildman–Crippen LogP) is 1.52. The Labute approximate surface area is 87.9 Å². The molecule has 1 aromatic rings. The van der Waals surface area contributed by atoms with Crippen LogP contribution in [0.15, 0.2) is 24.8 Å². The molecule has 0 unspecified atom stereocenters. The van der Waals surface area contributed by atoms with Crippen molar-refractivity contribution in [2.45, 2.75) is 0 Å². The summed E-state index contributed by atoms with van der Waals surface area (Å²) in [6.45, 7) is 3.55. The average Bonchev–Trinajstić information content (AvgIpc) is 2.16. The molecule has 0 aliphatic rings. The van der Waals surface area contributed by atoms with Crippen LogP contribution in [0, 0.1) is 0 Å². The maximum absolute atomic E-state index is 10.5. The monoisotopic (exact) mass is 230 g/mol. The van der Waals surface area contributed by atoms with Crippen molar-refractivity contribution in [3.8, 4) is 11.5 Å². The maximum Gasteiger partial charge on any atom is 0.446 e. The number of hydrogen-bond acceptors (Lipinski definition) is 4. The van der Waals surface area contributed by atoms with Crippen LogP contribution in [0.2, 0.25) is 0 Å². The van der Waals surface area contributed by atoms with Crippen molar-refractivity contribution in [1.29, 1.82) is 0 Å². The first-order chi connectivity index (χ1) is 6.96. The van der Waals surface area contributed by atoms with Crippen molar-refractivity contribution < 1.29 is 21.9 Å². The summed E-state index contributed by atoms with van der Waals surface area (Å²) >= 11 is 0. The minimum absolute atomic E-state index is 0.0781. The van der Waals surface area contributed by atoms with Crippen LogP contribution < -0.4 is 8.92 Å². The van der Waals surface area contributed by atoms with E-state index in [1.54, 1.807) is 12.1 Å². The Bertz CT molecular complexity index is 463. The number of benzene rings is 1. The zero-order valence-electron chi connectivity index (χ0n) is 8.00. The quantitative estimate of drug-likeness (QED) is 0.794. The Morgan fingerprint density at radius 2 is 2.07 bits per heavy atom. The van der Waals surface area contributed by atoms with E-state index < -0.39 is 10.4 Å². The topological polar surface area (TPSA) is 72.8 Å². The molecule has 0 amide bonds. The van der Waals surface area contributed by atoms with Crippen molar-refractivity contribution in [2.75, 3.05) is 7.11 Å². The average molecular weight is 230 g/mol. The largest absolute Gasteiger partial charge is 0.493 e. The highest BCUT2D eigenvalue weighted by Crippen LogP contribution is 2.29. The number of methoxy groups -OCH3 is 1. The van der Waals surface area contributed by atoms with Gasteiger partial charge in [-0.1, -0.05) is 18.7 Å². The molecule has 5 nitrogen and oxygen atoms in total. The van der Waals surface area contributed by atoms with Crippen LogP contribution >= 0.6 is 0 Å². The van der Waals surface area contributed by atoms with Gasteiger partial charge < -0.3 is 8.92 Å². The van der Waals surface area contributed by atoms with Crippen molar-refractivity contribution in [3.05, 3.63) is 30.3 Å². The molecule has 0 saturated heterocycles. The zero-order valence-corrected chi connectivity index (χ0v) is 8.82. The number of rotatable bonds is 4. The molecule has 0 fully saturated rings. The van der Waals surface area contributed by atoms with E-state index in [2.05, 4.69) is 10.8 Å². The molecule has 82 valence electrons. The molecule has 1 aromatic carbocycles. The van der Waals surface area contributed by atoms with Gasteiger partial charge in [-0.25, -0.2) is 0 Å². The third kappa shape index (κ3) is 3.26. The second-order valence-corrected chi connectivity index (χ2v) is 3.65. The van der Waals surface area contributed by atoms with Gasteiger partial charge in [0.25, 0.3) is 0 Å². The Balaban J connectivity index is 3.13. The van der Waals surface area contributed by atoms with Crippen LogP contribution in [0.5, 0.6) is 11.5 Å². The molecule has 0 atom stereocenters. The molecule has 0 aliphatic heterocycles. The number of ether oxygens (including phenoxy) is 1. The van der Waals surface area contributed by atoms with Gasteiger partial charge in [0.1, 0.15) is 0 Å². The Morgan fingerprint density at radius 3 is 2.53 bits per heavy atom. The predicted molar refractivity (Wildman–Crippen MR) is 55.3 cm³/mol. The van der Waals surface area contributed by atoms with E-state index in [4.69, 9.17) is 9.29 Å². The van der Waals surface area contributed by atoms with Gasteiger partial charge >= 0.3 is 10.4 Å². The minimum Gasteiger partial charge on any atom is -0.493 e. The van der Waals surface area contributed by atoms with Gasteiger partial charge in [0.15, 0.2) is 11.5 Å². The van der Waals surface area contributed by atoms with Gasteiger partial charge in [0, 0.05) is 0 Å². The molecule has 0 saturated carbocycles. The van der Waals surface area contributed by atoms with Crippen molar-refractivity contribution >= 4 is 16.5 Å². The van der Waals surface area contributed by atoms with Crippen LogP contribution in [-0.2, 0) is 10.4 Å². The van der Waals surface area contributed by atoms with E-state index in [1.807, 2.05) is 0 Å². The summed E-state index contributed by atoms with van der Waals surface area (Å²) in [4.78, 5) is 0. The Hall–Kier alpha value is -1.53. The molecule has 1 rings (SSSR count). The van der Waals surface area contributed by atoms with Crippen molar-refractivity contribution in [3.63, 3.8) is 0 Å². The SMILES string of the molecule is C=Cc1ccc(OS(=O)(=O)O)c(OC)c1. The van der Waals surface area contributed by atoms with E-state index in [1.165, 1.54) is 19.2 Å². The van der Waals surface area contributed by atoms with E-state index >= 15 is 0 Å². The maximum atomic E-state index is 10.5. The van der Waals surface area contributed by atoms with E-state index in [0.29, 0.717) is 0 Å². The van der Waals surface area contributed by atoms with Gasteiger partial charge in [-0.3, -0.25) is 4.55 Å². The molecule has 0 heterocycles. The highest BCUT2D eigenvalue weighted by atomic mass is 32.3. The van der Waals surface area contributed by atoms with Crippen LogP contribution in [0.3, 0.4) is 0 Å². The van der Waals surface area contributed by atoms with Gasteiger partial charge in [-0.2, -0.15) is 8.42 Å². The molecule has 1 N–H and O–H groups in total. The first kappa shape index (κ1) is 11.5. The molecule has 0 bridgehead atoms. The summed E-state index contributed by atoms with van der Waals surface area (Å²) in [5.41, 5.74) is 0.745. The molecule has 0 aliphatic carbocycles. The van der Waals surface area contributed by atoms with Crippen LogP contribution in [-0.4, -0.2) is 20.1 Å². The van der Waals surface area contributed by atoms with Crippen LogP contribution in [0.1, 0.15) is 5.56 Å². The highest BCUT2D eigenvalue weighted by Gasteiger charge is 2.12. The molecule has 0 aromatic heterocycles. The summed E-state index contributed by atoms with van der Waals surface area (Å²) in [6, 6.07) is 4.48. The molecule has 0 radical (unpaired) electrons. The zero-order chi connectivity index (χ0) is 11.5. The van der Waals surface area contributed by atoms with Crippen LogP contribution in [0.25, 0.3) is 6.08 Å². The standard InChI is InChI=1S/C9H10O5S/c1-3-7-4-5-8(9(6-7)13-2)14-15(10,11)12/h3-6H,1H2,2H3,(H,10,11,12). The van der Waals surface area contributed by atoms with E-state index in [9.17, 15) is 8.42 Å². The van der Waals surface area contributed by atoms with Gasteiger partial charge in [-0.05, 0) is 17.7 Å². The fraction of sp³-hybridized carbons (Fsp3) is 0.111. The van der Waals surface area contributed by atoms with Crippen LogP contribution in [0.4, 0.5) is 0 Å². The molecular weight excluding hydrogens is 220 g/mol. The molecule has 15 heavy (non-hydrogen) atoms. The lowest BCUT2D eigenvalue weighted by atomic mass is 10.2. The number of hydrogen-bond donors (Lipinski definition) is 1. The second kappa shape index (κ2) is 4.33. The van der Waals surface area contributed by atoms with Crippen molar-refractivity contribution in [2.24, 2.45) is 0 Å². The molecule has 0 spiro atoms. The van der Waals surface area contributed by atoms with E-state index in [-0.39, 0.29) is 11.5 Å². The minimum atomic E-state index is -4.54. The van der Waals surface area contributed by atoms with Gasteiger partial charge in [-0.15, -0.1) is 0 Å². The lowest BCUT2D eigenvalue weighted by molar-refractivity contribution is 0.360. The molecule has 6 heteroatoms. The Morgan fingerprint density at radius 1 is 1.40 bits per heavy atom. The second-order valence-electron chi connectivity index (χ2n) is 2.63. The smallest absolute Gasteiger partial charge is 0.446 e. The van der Waals surface area contributed by atoms with Gasteiger partial charge in [0.05, 0.1) is 7.11 Å². The highest BCUT2D eigenvalue weighted by molar-refractivity contribution is 7.81. The first-order valence-electron chi connectivity index (χ1n) is 3.93. The van der Waals surface area contributed by atoms with E-state index in [0.717, 1.165) is 5.56 Å². The third-order valence-corrected chi connectivity index (χ3v) is 2.01. The summed E-state index contributed by atoms with van der Waals surface area (Å²) in [5, 5.41) is 0. The Kier molecular flexibility index (Phi) is 3.33. The normalized spacial score (nSPS) is 10.8. The summed E-state index contributed by atoms with van der Waals surface area (Å²) < 4.78 is 38.6. The third-order valence-electron chi connectivity index (χ3n) is 1.62. The van der Waals surface area contributed by atoms with Gasteiger partial charge in [0.2, 0.25) is 0 Å².